The van der Waals surface area contributed by atoms with Crippen molar-refractivity contribution in [1.82, 2.24) is 4.90 Å². The van der Waals surface area contributed by atoms with Crippen LogP contribution in [0.15, 0.2) is 28.7 Å². The molecule has 0 radical (unpaired) electrons. The highest BCUT2D eigenvalue weighted by Gasteiger charge is 2.32. The molecule has 1 aromatic carbocycles. The summed E-state index contributed by atoms with van der Waals surface area (Å²) in [6, 6.07) is 7.90. The van der Waals surface area contributed by atoms with E-state index in [1.807, 2.05) is 36.1 Å². The molecule has 112 valence electrons. The first-order valence-corrected chi connectivity index (χ1v) is 7.61. The minimum Gasteiger partial charge on any atom is -0.451 e. The first kappa shape index (κ1) is 14.1. The van der Waals surface area contributed by atoms with Gasteiger partial charge in [0.2, 0.25) is 0 Å². The monoisotopic (exact) mass is 286 g/mol. The van der Waals surface area contributed by atoms with E-state index >= 15 is 0 Å². The molecule has 4 heteroatoms. The van der Waals surface area contributed by atoms with Crippen molar-refractivity contribution < 1.29 is 9.21 Å². The Balaban J connectivity index is 1.92. The van der Waals surface area contributed by atoms with Crippen LogP contribution in [-0.2, 0) is 0 Å². The molecule has 2 heterocycles. The average Bonchev–Trinajstić information content (AvgIpc) is 2.89. The first-order chi connectivity index (χ1) is 10.1. The van der Waals surface area contributed by atoms with Gasteiger partial charge in [0.25, 0.3) is 5.91 Å². The third-order valence-electron chi connectivity index (χ3n) is 4.50. The summed E-state index contributed by atoms with van der Waals surface area (Å²) in [5.41, 5.74) is 7.79. The Morgan fingerprint density at radius 2 is 2.24 bits per heavy atom. The largest absolute Gasteiger partial charge is 0.451 e. The Bertz CT molecular complexity index is 662. The number of hydrogen-bond acceptors (Lipinski definition) is 3. The number of nitrogens with two attached hydrogens (primary N) is 1. The summed E-state index contributed by atoms with van der Waals surface area (Å²) >= 11 is 0. The summed E-state index contributed by atoms with van der Waals surface area (Å²) in [6.07, 6.45) is 2.16. The van der Waals surface area contributed by atoms with Crippen LogP contribution in [0.25, 0.3) is 11.0 Å². The van der Waals surface area contributed by atoms with Crippen LogP contribution in [0.1, 0.15) is 35.9 Å². The zero-order valence-electron chi connectivity index (χ0n) is 12.6. The normalized spacial score (nSPS) is 22.7. The third-order valence-corrected chi connectivity index (χ3v) is 4.50. The molecule has 0 saturated carbocycles. The zero-order chi connectivity index (χ0) is 15.0. The molecule has 0 bridgehead atoms. The van der Waals surface area contributed by atoms with Crippen LogP contribution >= 0.6 is 0 Å². The van der Waals surface area contributed by atoms with E-state index in [-0.39, 0.29) is 11.9 Å². The summed E-state index contributed by atoms with van der Waals surface area (Å²) in [7, 11) is 0. The van der Waals surface area contributed by atoms with E-state index in [1.165, 1.54) is 0 Å². The fraction of sp³-hybridized carbons (Fsp3) is 0.471. The van der Waals surface area contributed by atoms with Gasteiger partial charge in [0.15, 0.2) is 5.76 Å². The molecule has 2 aromatic rings. The van der Waals surface area contributed by atoms with Crippen molar-refractivity contribution in [3.8, 4) is 0 Å². The molecule has 21 heavy (non-hydrogen) atoms. The lowest BCUT2D eigenvalue weighted by molar-refractivity contribution is 0.0503. The molecule has 2 atom stereocenters. The highest BCUT2D eigenvalue weighted by Crippen LogP contribution is 2.27. The van der Waals surface area contributed by atoms with Crippen LogP contribution in [0.4, 0.5) is 0 Å². The van der Waals surface area contributed by atoms with E-state index in [1.54, 1.807) is 0 Å². The van der Waals surface area contributed by atoms with Crippen molar-refractivity contribution in [2.45, 2.75) is 32.7 Å². The van der Waals surface area contributed by atoms with Crippen LogP contribution in [0.3, 0.4) is 0 Å². The van der Waals surface area contributed by atoms with E-state index in [2.05, 4.69) is 6.92 Å². The Kier molecular flexibility index (Phi) is 3.72. The van der Waals surface area contributed by atoms with Gasteiger partial charge in [-0.05, 0) is 43.9 Å². The highest BCUT2D eigenvalue weighted by atomic mass is 16.3. The highest BCUT2D eigenvalue weighted by molar-refractivity contribution is 5.96. The number of benzene rings is 1. The number of carbonyl (C=O) groups is 1. The number of fused-ring (bicyclic) bond motifs is 1. The molecule has 3 rings (SSSR count). The van der Waals surface area contributed by atoms with E-state index in [0.717, 1.165) is 35.9 Å². The molecule has 1 fully saturated rings. The second-order valence-electron chi connectivity index (χ2n) is 6.07. The molecule has 0 aliphatic carbocycles. The lowest BCUT2D eigenvalue weighted by atomic mass is 9.90. The van der Waals surface area contributed by atoms with Crippen LogP contribution in [0.2, 0.25) is 0 Å². The number of carbonyl (C=O) groups excluding carboxylic acids is 1. The average molecular weight is 286 g/mol. The van der Waals surface area contributed by atoms with Crippen LogP contribution < -0.4 is 5.73 Å². The number of likely N-dealkylation sites (tertiary alicyclic amines) is 1. The Morgan fingerprint density at radius 1 is 1.43 bits per heavy atom. The zero-order valence-corrected chi connectivity index (χ0v) is 12.6. The van der Waals surface area contributed by atoms with Crippen LogP contribution in [0.5, 0.6) is 0 Å². The van der Waals surface area contributed by atoms with Gasteiger partial charge in [0.1, 0.15) is 5.58 Å². The second-order valence-corrected chi connectivity index (χ2v) is 6.07. The molecule has 4 nitrogen and oxygen atoms in total. The van der Waals surface area contributed by atoms with Gasteiger partial charge in [-0.15, -0.1) is 0 Å². The maximum atomic E-state index is 12.7. The minimum absolute atomic E-state index is 0.0362. The van der Waals surface area contributed by atoms with E-state index in [4.69, 9.17) is 10.2 Å². The number of piperidine rings is 1. The van der Waals surface area contributed by atoms with Crippen molar-refractivity contribution in [3.63, 3.8) is 0 Å². The summed E-state index contributed by atoms with van der Waals surface area (Å²) in [5.74, 6) is 0.827. The van der Waals surface area contributed by atoms with Gasteiger partial charge in [-0.1, -0.05) is 18.6 Å². The Labute approximate surface area is 124 Å². The summed E-state index contributed by atoms with van der Waals surface area (Å²) in [5, 5.41) is 0.979. The van der Waals surface area contributed by atoms with Crippen LogP contribution in [-0.4, -0.2) is 29.9 Å². The van der Waals surface area contributed by atoms with Crippen molar-refractivity contribution in [3.05, 3.63) is 35.6 Å². The fourth-order valence-electron chi connectivity index (χ4n) is 3.27. The number of hydrogen-bond donors (Lipinski definition) is 1. The first-order valence-electron chi connectivity index (χ1n) is 7.61. The van der Waals surface area contributed by atoms with Crippen molar-refractivity contribution in [2.24, 2.45) is 11.7 Å². The standard InChI is InChI=1S/C17H22N2O2/c1-11-5-6-15-13(8-11)9-16(21-15)17(20)19-7-3-4-12(2)14(19)10-18/h5-6,8-9,12,14H,3-4,7,10,18H2,1-2H3. The SMILES string of the molecule is Cc1ccc2oc(C(=O)N3CCCC(C)C3CN)cc2c1. The number of amides is 1. The van der Waals surface area contributed by atoms with Crippen molar-refractivity contribution >= 4 is 16.9 Å². The number of nitrogens with zero attached hydrogens (tertiary/aromatic N) is 1. The molecule has 2 N–H and O–H groups in total. The van der Waals surface area contributed by atoms with Gasteiger partial charge in [0, 0.05) is 24.5 Å². The van der Waals surface area contributed by atoms with Gasteiger partial charge < -0.3 is 15.1 Å². The maximum absolute atomic E-state index is 12.7. The van der Waals surface area contributed by atoms with E-state index in [0.29, 0.717) is 18.2 Å². The van der Waals surface area contributed by atoms with Crippen molar-refractivity contribution in [2.75, 3.05) is 13.1 Å². The summed E-state index contributed by atoms with van der Waals surface area (Å²) in [6.45, 7) is 5.47. The molecular weight excluding hydrogens is 264 g/mol. The summed E-state index contributed by atoms with van der Waals surface area (Å²) < 4.78 is 5.73. The fourth-order valence-corrected chi connectivity index (χ4v) is 3.27. The third kappa shape index (κ3) is 2.56. The minimum atomic E-state index is -0.0362. The van der Waals surface area contributed by atoms with Gasteiger partial charge in [-0.2, -0.15) is 0 Å². The molecule has 1 aromatic heterocycles. The van der Waals surface area contributed by atoms with Crippen LogP contribution in [0, 0.1) is 12.8 Å². The molecule has 2 unspecified atom stereocenters. The smallest absolute Gasteiger partial charge is 0.289 e. The summed E-state index contributed by atoms with van der Waals surface area (Å²) in [4.78, 5) is 14.6. The van der Waals surface area contributed by atoms with Gasteiger partial charge in [0.05, 0.1) is 0 Å². The maximum Gasteiger partial charge on any atom is 0.289 e. The van der Waals surface area contributed by atoms with Crippen molar-refractivity contribution in [1.29, 1.82) is 0 Å². The number of rotatable bonds is 2. The molecule has 1 aliphatic rings. The molecule has 1 saturated heterocycles. The topological polar surface area (TPSA) is 59.5 Å². The van der Waals surface area contributed by atoms with E-state index < -0.39 is 0 Å². The molecule has 1 amide bonds. The Morgan fingerprint density at radius 3 is 3.00 bits per heavy atom. The van der Waals surface area contributed by atoms with Gasteiger partial charge in [-0.3, -0.25) is 4.79 Å². The quantitative estimate of drug-likeness (QED) is 0.923. The molecule has 1 aliphatic heterocycles. The molecular formula is C17H22N2O2. The lowest BCUT2D eigenvalue weighted by Gasteiger charge is -2.38. The van der Waals surface area contributed by atoms with Gasteiger partial charge >= 0.3 is 0 Å². The predicted octanol–water partition coefficient (Wildman–Crippen LogP) is 2.94. The number of furan rings is 1. The number of aryl methyl sites for hydroxylation is 1. The van der Waals surface area contributed by atoms with E-state index in [9.17, 15) is 4.79 Å². The lowest BCUT2D eigenvalue weighted by Crippen LogP contribution is -2.51. The van der Waals surface area contributed by atoms with Gasteiger partial charge in [-0.25, -0.2) is 0 Å². The Hall–Kier alpha value is -1.81. The second kappa shape index (κ2) is 5.53. The predicted molar refractivity (Wildman–Crippen MR) is 83.2 cm³/mol. The molecule has 0 spiro atoms.